The van der Waals surface area contributed by atoms with Crippen LogP contribution in [-0.2, 0) is 0 Å². The molecule has 1 amide bonds. The van der Waals surface area contributed by atoms with Gasteiger partial charge in [-0.1, -0.05) is 15.9 Å². The number of hydrogen-bond acceptors (Lipinski definition) is 2. The van der Waals surface area contributed by atoms with E-state index >= 15 is 0 Å². The van der Waals surface area contributed by atoms with Gasteiger partial charge < -0.3 is 4.90 Å². The van der Waals surface area contributed by atoms with Crippen LogP contribution in [0.15, 0.2) is 22.7 Å². The maximum absolute atomic E-state index is 13.6. The number of benzene rings is 1. The Balaban J connectivity index is 2.92. The molecule has 0 aromatic heterocycles. The number of carbonyl (C=O) groups is 1. The summed E-state index contributed by atoms with van der Waals surface area (Å²) in [7, 11) is 1.70. The molecule has 1 rings (SSSR count). The summed E-state index contributed by atoms with van der Waals surface area (Å²) in [5.74, 6) is 0.0597. The lowest BCUT2D eigenvalue weighted by atomic mass is 10.1. The van der Waals surface area contributed by atoms with Gasteiger partial charge in [0.15, 0.2) is 0 Å². The summed E-state index contributed by atoms with van der Waals surface area (Å²) in [5, 5.41) is 0. The predicted octanol–water partition coefficient (Wildman–Crippen LogP) is 3.41. The molecule has 0 aliphatic heterocycles. The Morgan fingerprint density at radius 3 is 2.82 bits per heavy atom. The van der Waals surface area contributed by atoms with E-state index in [0.29, 0.717) is 4.47 Å². The number of rotatable bonds is 4. The third-order valence-corrected chi connectivity index (χ3v) is 3.86. The normalized spacial score (nSPS) is 12.3. The summed E-state index contributed by atoms with van der Waals surface area (Å²) in [4.78, 5) is 13.7. The van der Waals surface area contributed by atoms with Crippen LogP contribution in [0, 0.1) is 5.82 Å². The first kappa shape index (κ1) is 14.5. The standard InChI is InChI=1S/C12H15BrFNOS/c1-8(7-17-3)15(2)12(16)10-6-9(13)4-5-11(10)14/h4-6,8H,7H2,1-3H3. The summed E-state index contributed by atoms with van der Waals surface area (Å²) in [6.45, 7) is 1.95. The van der Waals surface area contributed by atoms with Gasteiger partial charge in [-0.3, -0.25) is 4.79 Å². The predicted molar refractivity (Wildman–Crippen MR) is 74.0 cm³/mol. The minimum atomic E-state index is -0.485. The SMILES string of the molecule is CSCC(C)N(C)C(=O)c1cc(Br)ccc1F. The van der Waals surface area contributed by atoms with Crippen molar-refractivity contribution in [3.8, 4) is 0 Å². The molecule has 1 atom stereocenters. The largest absolute Gasteiger partial charge is 0.338 e. The highest BCUT2D eigenvalue weighted by Gasteiger charge is 2.20. The van der Waals surface area contributed by atoms with Crippen molar-refractivity contribution in [1.82, 2.24) is 4.90 Å². The first-order valence-electron chi connectivity index (χ1n) is 5.18. The van der Waals surface area contributed by atoms with E-state index in [1.54, 1.807) is 29.8 Å². The van der Waals surface area contributed by atoms with Crippen LogP contribution >= 0.6 is 27.7 Å². The van der Waals surface area contributed by atoms with Crippen LogP contribution in [-0.4, -0.2) is 35.9 Å². The van der Waals surface area contributed by atoms with Gasteiger partial charge in [0.2, 0.25) is 0 Å². The minimum absolute atomic E-state index is 0.0795. The Morgan fingerprint density at radius 1 is 1.59 bits per heavy atom. The second kappa shape index (κ2) is 6.40. The first-order chi connectivity index (χ1) is 7.97. The molecule has 0 radical (unpaired) electrons. The fourth-order valence-corrected chi connectivity index (χ4v) is 2.47. The Bertz CT molecular complexity index is 413. The van der Waals surface area contributed by atoms with E-state index in [9.17, 15) is 9.18 Å². The zero-order valence-electron chi connectivity index (χ0n) is 10.0. The van der Waals surface area contributed by atoms with Gasteiger partial charge in [-0.25, -0.2) is 4.39 Å². The number of nitrogens with zero attached hydrogens (tertiary/aromatic N) is 1. The van der Waals surface area contributed by atoms with Gasteiger partial charge in [-0.05, 0) is 31.4 Å². The average Bonchev–Trinajstić information content (AvgIpc) is 2.30. The molecule has 1 aromatic carbocycles. The van der Waals surface area contributed by atoms with E-state index in [2.05, 4.69) is 15.9 Å². The van der Waals surface area contributed by atoms with Gasteiger partial charge in [0.1, 0.15) is 5.82 Å². The number of halogens is 2. The summed E-state index contributed by atoms with van der Waals surface area (Å²) in [5.41, 5.74) is 0.106. The highest BCUT2D eigenvalue weighted by molar-refractivity contribution is 9.10. The topological polar surface area (TPSA) is 20.3 Å². The first-order valence-corrected chi connectivity index (χ1v) is 7.37. The molecular formula is C12H15BrFNOS. The van der Waals surface area contributed by atoms with E-state index in [0.717, 1.165) is 5.75 Å². The van der Waals surface area contributed by atoms with Crippen LogP contribution in [0.1, 0.15) is 17.3 Å². The van der Waals surface area contributed by atoms with Crippen molar-refractivity contribution in [2.24, 2.45) is 0 Å². The number of carbonyl (C=O) groups excluding carboxylic acids is 1. The molecule has 5 heteroatoms. The van der Waals surface area contributed by atoms with Crippen LogP contribution in [0.5, 0.6) is 0 Å². The van der Waals surface area contributed by atoms with Crippen LogP contribution in [0.2, 0.25) is 0 Å². The molecule has 1 aromatic rings. The summed E-state index contributed by atoms with van der Waals surface area (Å²) in [6, 6.07) is 4.47. The fourth-order valence-electron chi connectivity index (χ4n) is 1.40. The monoisotopic (exact) mass is 319 g/mol. The van der Waals surface area contributed by atoms with Gasteiger partial charge in [0.05, 0.1) is 5.56 Å². The molecule has 0 fully saturated rings. The molecule has 0 N–H and O–H groups in total. The average molecular weight is 320 g/mol. The lowest BCUT2D eigenvalue weighted by Gasteiger charge is -2.24. The maximum Gasteiger partial charge on any atom is 0.256 e. The lowest BCUT2D eigenvalue weighted by Crippen LogP contribution is -2.37. The van der Waals surface area contributed by atoms with Crippen molar-refractivity contribution in [3.05, 3.63) is 34.1 Å². The van der Waals surface area contributed by atoms with Crippen molar-refractivity contribution in [2.75, 3.05) is 19.1 Å². The lowest BCUT2D eigenvalue weighted by molar-refractivity contribution is 0.0753. The van der Waals surface area contributed by atoms with E-state index in [1.807, 2.05) is 13.2 Å². The molecule has 2 nitrogen and oxygen atoms in total. The zero-order valence-corrected chi connectivity index (χ0v) is 12.4. The third-order valence-electron chi connectivity index (χ3n) is 2.55. The molecule has 0 heterocycles. The van der Waals surface area contributed by atoms with Gasteiger partial charge >= 0.3 is 0 Å². The quantitative estimate of drug-likeness (QED) is 0.847. The summed E-state index contributed by atoms with van der Waals surface area (Å²) >= 11 is 4.90. The summed E-state index contributed by atoms with van der Waals surface area (Å²) in [6.07, 6.45) is 1.98. The van der Waals surface area contributed by atoms with Crippen LogP contribution < -0.4 is 0 Å². The molecule has 0 saturated heterocycles. The number of hydrogen-bond donors (Lipinski definition) is 0. The van der Waals surface area contributed by atoms with E-state index < -0.39 is 5.82 Å². The van der Waals surface area contributed by atoms with E-state index in [1.165, 1.54) is 12.1 Å². The third kappa shape index (κ3) is 3.71. The number of thioether (sulfide) groups is 1. The number of amides is 1. The van der Waals surface area contributed by atoms with Gasteiger partial charge in [-0.15, -0.1) is 0 Å². The van der Waals surface area contributed by atoms with Crippen LogP contribution in [0.3, 0.4) is 0 Å². The zero-order chi connectivity index (χ0) is 13.0. The van der Waals surface area contributed by atoms with Crippen molar-refractivity contribution < 1.29 is 9.18 Å². The molecular weight excluding hydrogens is 305 g/mol. The molecule has 0 spiro atoms. The minimum Gasteiger partial charge on any atom is -0.338 e. The Labute approximate surface area is 114 Å². The van der Waals surface area contributed by atoms with Gasteiger partial charge in [-0.2, -0.15) is 11.8 Å². The second-order valence-electron chi connectivity index (χ2n) is 3.84. The molecule has 94 valence electrons. The van der Waals surface area contributed by atoms with E-state index in [4.69, 9.17) is 0 Å². The smallest absolute Gasteiger partial charge is 0.256 e. The molecule has 17 heavy (non-hydrogen) atoms. The Morgan fingerprint density at radius 2 is 2.24 bits per heavy atom. The van der Waals surface area contributed by atoms with Crippen LogP contribution in [0.25, 0.3) is 0 Å². The fraction of sp³-hybridized carbons (Fsp3) is 0.417. The molecule has 0 saturated carbocycles. The van der Waals surface area contributed by atoms with Crippen molar-refractivity contribution in [3.63, 3.8) is 0 Å². The molecule has 1 unspecified atom stereocenters. The molecule has 0 aliphatic rings. The summed E-state index contributed by atoms with van der Waals surface area (Å²) < 4.78 is 14.3. The highest BCUT2D eigenvalue weighted by Crippen LogP contribution is 2.18. The van der Waals surface area contributed by atoms with Gasteiger partial charge in [0.25, 0.3) is 5.91 Å². The maximum atomic E-state index is 13.6. The Hall–Kier alpha value is -0.550. The van der Waals surface area contributed by atoms with E-state index in [-0.39, 0.29) is 17.5 Å². The van der Waals surface area contributed by atoms with Crippen molar-refractivity contribution in [1.29, 1.82) is 0 Å². The van der Waals surface area contributed by atoms with Gasteiger partial charge in [0, 0.05) is 23.3 Å². The van der Waals surface area contributed by atoms with Crippen LogP contribution in [0.4, 0.5) is 4.39 Å². The highest BCUT2D eigenvalue weighted by atomic mass is 79.9. The molecule has 0 aliphatic carbocycles. The van der Waals surface area contributed by atoms with Crippen molar-refractivity contribution in [2.45, 2.75) is 13.0 Å². The molecule has 0 bridgehead atoms. The second-order valence-corrected chi connectivity index (χ2v) is 5.67. The Kier molecular flexibility index (Phi) is 5.46. The van der Waals surface area contributed by atoms with Crippen molar-refractivity contribution >= 4 is 33.6 Å².